The Labute approximate surface area is 157 Å². The predicted molar refractivity (Wildman–Crippen MR) is 90.3 cm³/mol. The normalized spacial score (nSPS) is 18.2. The van der Waals surface area contributed by atoms with Crippen LogP contribution in [0.25, 0.3) is 0 Å². The fourth-order valence-electron chi connectivity index (χ4n) is 3.14. The van der Waals surface area contributed by atoms with E-state index in [4.69, 9.17) is 10.5 Å². The van der Waals surface area contributed by atoms with E-state index >= 15 is 0 Å². The summed E-state index contributed by atoms with van der Waals surface area (Å²) in [7, 11) is 0. The average molecular weight is 400 g/mol. The Morgan fingerprint density at radius 3 is 2.57 bits per heavy atom. The van der Waals surface area contributed by atoms with E-state index in [1.807, 2.05) is 0 Å². The Hall–Kier alpha value is -2.52. The van der Waals surface area contributed by atoms with Crippen LogP contribution in [0.5, 0.6) is 0 Å². The summed E-state index contributed by atoms with van der Waals surface area (Å²) >= 11 is 0. The second kappa shape index (κ2) is 7.84. The topological polar surface area (TPSA) is 55.6 Å². The number of ether oxygens (including phenoxy) is 1. The Morgan fingerprint density at radius 1 is 1.18 bits per heavy atom. The molecule has 0 aliphatic carbocycles. The molecule has 2 aromatic rings. The van der Waals surface area contributed by atoms with E-state index in [-0.39, 0.29) is 30.8 Å². The standard InChI is InChI=1S/C19H17F5N2O2/c20-14-6-11(5-13(8-14)19(22,23)24)9-26-3-4-28-17(10-26)12-1-2-15(18(25)27)16(21)7-12/h1-2,5-8,17H,3-4,9-10H2,(H2,25,27). The van der Waals surface area contributed by atoms with Gasteiger partial charge in [0.25, 0.3) is 5.91 Å². The van der Waals surface area contributed by atoms with Gasteiger partial charge in [-0.3, -0.25) is 9.69 Å². The third-order valence-corrected chi connectivity index (χ3v) is 4.47. The molecule has 1 aliphatic rings. The number of carbonyl (C=O) groups is 1. The van der Waals surface area contributed by atoms with Crippen molar-refractivity contribution in [2.75, 3.05) is 19.7 Å². The van der Waals surface area contributed by atoms with Gasteiger partial charge in [-0.25, -0.2) is 8.78 Å². The minimum Gasteiger partial charge on any atom is -0.371 e. The molecule has 28 heavy (non-hydrogen) atoms. The van der Waals surface area contributed by atoms with E-state index in [2.05, 4.69) is 0 Å². The average Bonchev–Trinajstić information content (AvgIpc) is 2.60. The maximum atomic E-state index is 14.0. The Balaban J connectivity index is 1.75. The van der Waals surface area contributed by atoms with Crippen LogP contribution in [0, 0.1) is 11.6 Å². The van der Waals surface area contributed by atoms with Gasteiger partial charge in [-0.2, -0.15) is 13.2 Å². The lowest BCUT2D eigenvalue weighted by molar-refractivity contribution is -0.137. The van der Waals surface area contributed by atoms with E-state index < -0.39 is 35.4 Å². The third-order valence-electron chi connectivity index (χ3n) is 4.47. The molecule has 9 heteroatoms. The monoisotopic (exact) mass is 400 g/mol. The molecule has 1 fully saturated rings. The second-order valence-corrected chi connectivity index (χ2v) is 6.54. The molecule has 150 valence electrons. The SMILES string of the molecule is NC(=O)c1ccc(C2CN(Cc3cc(F)cc(C(F)(F)F)c3)CCO2)cc1F. The van der Waals surface area contributed by atoms with Crippen LogP contribution in [0.1, 0.15) is 33.2 Å². The van der Waals surface area contributed by atoms with Crippen LogP contribution in [-0.4, -0.2) is 30.5 Å². The highest BCUT2D eigenvalue weighted by molar-refractivity contribution is 5.93. The van der Waals surface area contributed by atoms with Crippen LogP contribution in [0.15, 0.2) is 36.4 Å². The van der Waals surface area contributed by atoms with Gasteiger partial charge >= 0.3 is 6.18 Å². The lowest BCUT2D eigenvalue weighted by Gasteiger charge is -2.33. The summed E-state index contributed by atoms with van der Waals surface area (Å²) in [5.41, 5.74) is 4.45. The van der Waals surface area contributed by atoms with Crippen molar-refractivity contribution in [3.05, 3.63) is 70.3 Å². The first-order valence-electron chi connectivity index (χ1n) is 8.43. The van der Waals surface area contributed by atoms with Gasteiger partial charge in [-0.05, 0) is 41.5 Å². The molecule has 1 saturated heterocycles. The fraction of sp³-hybridized carbons (Fsp3) is 0.316. The Kier molecular flexibility index (Phi) is 5.66. The van der Waals surface area contributed by atoms with E-state index in [0.717, 1.165) is 18.2 Å². The first-order valence-corrected chi connectivity index (χ1v) is 8.43. The summed E-state index contributed by atoms with van der Waals surface area (Å²) in [5.74, 6) is -2.62. The zero-order chi connectivity index (χ0) is 20.5. The van der Waals surface area contributed by atoms with Crippen LogP contribution in [0.4, 0.5) is 22.0 Å². The number of morpholine rings is 1. The highest BCUT2D eigenvalue weighted by atomic mass is 19.4. The predicted octanol–water partition coefficient (Wildman–Crippen LogP) is 3.66. The highest BCUT2D eigenvalue weighted by Crippen LogP contribution is 2.31. The minimum absolute atomic E-state index is 0.0859. The number of nitrogens with zero attached hydrogens (tertiary/aromatic N) is 1. The molecule has 1 aliphatic heterocycles. The number of amides is 1. The zero-order valence-electron chi connectivity index (χ0n) is 14.6. The second-order valence-electron chi connectivity index (χ2n) is 6.54. The number of hydrogen-bond donors (Lipinski definition) is 1. The van der Waals surface area contributed by atoms with E-state index in [1.54, 1.807) is 4.90 Å². The zero-order valence-corrected chi connectivity index (χ0v) is 14.6. The molecule has 0 saturated carbocycles. The minimum atomic E-state index is -4.63. The molecule has 4 nitrogen and oxygen atoms in total. The molecule has 3 rings (SSSR count). The van der Waals surface area contributed by atoms with Crippen LogP contribution < -0.4 is 5.73 Å². The van der Waals surface area contributed by atoms with Crippen LogP contribution in [-0.2, 0) is 17.5 Å². The first kappa shape index (κ1) is 20.2. The molecule has 2 aromatic carbocycles. The number of benzene rings is 2. The van der Waals surface area contributed by atoms with Gasteiger partial charge in [0, 0.05) is 19.6 Å². The van der Waals surface area contributed by atoms with Crippen molar-refractivity contribution in [3.8, 4) is 0 Å². The molecule has 0 bridgehead atoms. The molecular weight excluding hydrogens is 383 g/mol. The molecular formula is C19H17F5N2O2. The van der Waals surface area contributed by atoms with Crippen LogP contribution >= 0.6 is 0 Å². The number of primary amides is 1. The van der Waals surface area contributed by atoms with Crippen LogP contribution in [0.2, 0.25) is 0 Å². The number of hydrogen-bond acceptors (Lipinski definition) is 3. The van der Waals surface area contributed by atoms with Crippen molar-refractivity contribution in [1.29, 1.82) is 0 Å². The number of rotatable bonds is 4. The number of nitrogens with two attached hydrogens (primary N) is 1. The third kappa shape index (κ3) is 4.66. The number of carbonyl (C=O) groups excluding carboxylic acids is 1. The van der Waals surface area contributed by atoms with E-state index in [9.17, 15) is 26.7 Å². The van der Waals surface area contributed by atoms with Crippen molar-refractivity contribution >= 4 is 5.91 Å². The van der Waals surface area contributed by atoms with Crippen LogP contribution in [0.3, 0.4) is 0 Å². The molecule has 2 N–H and O–H groups in total. The van der Waals surface area contributed by atoms with Gasteiger partial charge in [-0.1, -0.05) is 6.07 Å². The van der Waals surface area contributed by atoms with E-state index in [0.29, 0.717) is 18.2 Å². The van der Waals surface area contributed by atoms with Gasteiger partial charge in [-0.15, -0.1) is 0 Å². The fourth-order valence-corrected chi connectivity index (χ4v) is 3.14. The maximum Gasteiger partial charge on any atom is 0.416 e. The summed E-state index contributed by atoms with van der Waals surface area (Å²) in [6.07, 6.45) is -5.18. The molecule has 0 radical (unpaired) electrons. The van der Waals surface area contributed by atoms with Gasteiger partial charge in [0.1, 0.15) is 11.6 Å². The van der Waals surface area contributed by atoms with E-state index in [1.165, 1.54) is 12.1 Å². The molecule has 1 amide bonds. The largest absolute Gasteiger partial charge is 0.416 e. The lowest BCUT2D eigenvalue weighted by atomic mass is 10.0. The summed E-state index contributed by atoms with van der Waals surface area (Å²) in [6.45, 7) is 1.05. The van der Waals surface area contributed by atoms with Gasteiger partial charge in [0.2, 0.25) is 0 Å². The smallest absolute Gasteiger partial charge is 0.371 e. The Morgan fingerprint density at radius 2 is 1.93 bits per heavy atom. The van der Waals surface area contributed by atoms with Gasteiger partial charge < -0.3 is 10.5 Å². The summed E-state index contributed by atoms with van der Waals surface area (Å²) < 4.78 is 71.8. The number of alkyl halides is 3. The lowest BCUT2D eigenvalue weighted by Crippen LogP contribution is -2.38. The summed E-state index contributed by atoms with van der Waals surface area (Å²) in [4.78, 5) is 12.9. The highest BCUT2D eigenvalue weighted by Gasteiger charge is 2.32. The molecule has 1 unspecified atom stereocenters. The molecule has 1 atom stereocenters. The summed E-state index contributed by atoms with van der Waals surface area (Å²) in [5, 5.41) is 0. The van der Waals surface area contributed by atoms with Crippen molar-refractivity contribution in [1.82, 2.24) is 4.90 Å². The van der Waals surface area contributed by atoms with Crippen molar-refractivity contribution < 1.29 is 31.5 Å². The number of halogens is 5. The van der Waals surface area contributed by atoms with Crippen molar-refractivity contribution in [3.63, 3.8) is 0 Å². The quantitative estimate of drug-likeness (QED) is 0.798. The first-order chi connectivity index (χ1) is 13.1. The molecule has 0 spiro atoms. The maximum absolute atomic E-state index is 14.0. The molecule has 1 heterocycles. The summed E-state index contributed by atoms with van der Waals surface area (Å²) in [6, 6.07) is 6.35. The van der Waals surface area contributed by atoms with Gasteiger partial charge in [0.05, 0.1) is 23.8 Å². The molecule has 0 aromatic heterocycles. The van der Waals surface area contributed by atoms with Gasteiger partial charge in [0.15, 0.2) is 0 Å². The van der Waals surface area contributed by atoms with Crippen molar-refractivity contribution in [2.24, 2.45) is 5.73 Å². The van der Waals surface area contributed by atoms with Crippen molar-refractivity contribution in [2.45, 2.75) is 18.8 Å². The Bertz CT molecular complexity index is 885.